The van der Waals surface area contributed by atoms with Crippen LogP contribution in [0.4, 0.5) is 4.79 Å². The Kier molecular flexibility index (Phi) is 5.81. The fraction of sp³-hybridized carbons (Fsp3) is 0.857. The third-order valence-corrected chi connectivity index (χ3v) is 4.46. The van der Waals surface area contributed by atoms with Gasteiger partial charge in [0, 0.05) is 45.2 Å². The van der Waals surface area contributed by atoms with Crippen LogP contribution < -0.4 is 5.32 Å². The monoisotopic (exact) mass is 299 g/mol. The summed E-state index contributed by atoms with van der Waals surface area (Å²) in [5, 5.41) is 20.3. The second kappa shape index (κ2) is 7.61. The SMILES string of the molecule is O=C(O)[C@H](CCO)NC(=O)N1CCN(C2CCCC2)CC1. The van der Waals surface area contributed by atoms with Crippen molar-refractivity contribution in [2.75, 3.05) is 32.8 Å². The highest BCUT2D eigenvalue weighted by molar-refractivity contribution is 5.82. The molecule has 2 rings (SSSR count). The Hall–Kier alpha value is -1.34. The lowest BCUT2D eigenvalue weighted by atomic mass is 10.2. The quantitative estimate of drug-likeness (QED) is 0.669. The van der Waals surface area contributed by atoms with Crippen LogP contribution in [0.15, 0.2) is 0 Å². The van der Waals surface area contributed by atoms with Crippen molar-refractivity contribution in [3.05, 3.63) is 0 Å². The average molecular weight is 299 g/mol. The van der Waals surface area contributed by atoms with E-state index in [0.29, 0.717) is 19.1 Å². The molecule has 1 aliphatic carbocycles. The number of carboxylic acids is 1. The van der Waals surface area contributed by atoms with Gasteiger partial charge in [-0.25, -0.2) is 9.59 Å². The number of aliphatic hydroxyl groups excluding tert-OH is 1. The Morgan fingerprint density at radius 1 is 1.14 bits per heavy atom. The molecular weight excluding hydrogens is 274 g/mol. The number of amides is 2. The van der Waals surface area contributed by atoms with E-state index in [2.05, 4.69) is 10.2 Å². The molecule has 2 aliphatic rings. The van der Waals surface area contributed by atoms with Gasteiger partial charge in [-0.15, -0.1) is 0 Å². The van der Waals surface area contributed by atoms with E-state index in [-0.39, 0.29) is 19.1 Å². The maximum absolute atomic E-state index is 12.1. The van der Waals surface area contributed by atoms with Gasteiger partial charge in [0.2, 0.25) is 0 Å². The van der Waals surface area contributed by atoms with Crippen molar-refractivity contribution in [3.8, 4) is 0 Å². The number of piperazine rings is 1. The molecule has 1 heterocycles. The normalized spacial score (nSPS) is 22.2. The van der Waals surface area contributed by atoms with E-state index >= 15 is 0 Å². The van der Waals surface area contributed by atoms with Crippen LogP contribution in [0.3, 0.4) is 0 Å². The van der Waals surface area contributed by atoms with Gasteiger partial charge in [-0.2, -0.15) is 0 Å². The summed E-state index contributed by atoms with van der Waals surface area (Å²) < 4.78 is 0. The predicted octanol–water partition coefficient (Wildman–Crippen LogP) is 0.0918. The van der Waals surface area contributed by atoms with Gasteiger partial charge in [-0.05, 0) is 12.8 Å². The Balaban J connectivity index is 1.78. The minimum absolute atomic E-state index is 0.0309. The molecule has 2 amide bonds. The molecule has 120 valence electrons. The lowest BCUT2D eigenvalue weighted by Crippen LogP contribution is -2.56. The highest BCUT2D eigenvalue weighted by atomic mass is 16.4. The van der Waals surface area contributed by atoms with Crippen molar-refractivity contribution >= 4 is 12.0 Å². The van der Waals surface area contributed by atoms with E-state index in [0.717, 1.165) is 13.1 Å². The first-order valence-electron chi connectivity index (χ1n) is 7.75. The van der Waals surface area contributed by atoms with Gasteiger partial charge < -0.3 is 20.4 Å². The van der Waals surface area contributed by atoms with Crippen molar-refractivity contribution in [2.45, 2.75) is 44.2 Å². The van der Waals surface area contributed by atoms with Crippen LogP contribution in [0.5, 0.6) is 0 Å². The zero-order chi connectivity index (χ0) is 15.2. The molecule has 3 N–H and O–H groups in total. The third-order valence-electron chi connectivity index (χ3n) is 4.46. The van der Waals surface area contributed by atoms with Crippen LogP contribution in [-0.4, -0.2) is 76.9 Å². The highest BCUT2D eigenvalue weighted by Crippen LogP contribution is 2.24. The van der Waals surface area contributed by atoms with Gasteiger partial charge >= 0.3 is 12.0 Å². The van der Waals surface area contributed by atoms with E-state index in [1.807, 2.05) is 0 Å². The van der Waals surface area contributed by atoms with Crippen LogP contribution in [0.25, 0.3) is 0 Å². The summed E-state index contributed by atoms with van der Waals surface area (Å²) in [4.78, 5) is 27.2. The maximum atomic E-state index is 12.1. The second-order valence-corrected chi connectivity index (χ2v) is 5.81. The average Bonchev–Trinajstić information content (AvgIpc) is 3.01. The molecule has 0 aromatic rings. The summed E-state index contributed by atoms with van der Waals surface area (Å²) in [5.74, 6) is -1.11. The molecule has 0 aromatic carbocycles. The van der Waals surface area contributed by atoms with E-state index in [4.69, 9.17) is 10.2 Å². The number of carbonyl (C=O) groups excluding carboxylic acids is 1. The number of hydrogen-bond donors (Lipinski definition) is 3. The molecule has 1 aliphatic heterocycles. The number of aliphatic hydroxyl groups is 1. The van der Waals surface area contributed by atoms with E-state index in [1.165, 1.54) is 25.7 Å². The van der Waals surface area contributed by atoms with Crippen molar-refractivity contribution in [1.29, 1.82) is 0 Å². The molecule has 7 nitrogen and oxygen atoms in total. The first-order valence-corrected chi connectivity index (χ1v) is 7.75. The Morgan fingerprint density at radius 2 is 1.76 bits per heavy atom. The molecule has 2 fully saturated rings. The lowest BCUT2D eigenvalue weighted by Gasteiger charge is -2.38. The Bertz CT molecular complexity index is 363. The molecule has 1 atom stereocenters. The Labute approximate surface area is 124 Å². The largest absolute Gasteiger partial charge is 0.480 e. The smallest absolute Gasteiger partial charge is 0.326 e. The summed E-state index contributed by atoms with van der Waals surface area (Å²) in [5.41, 5.74) is 0. The topological polar surface area (TPSA) is 93.1 Å². The number of nitrogens with zero attached hydrogens (tertiary/aromatic N) is 2. The minimum Gasteiger partial charge on any atom is -0.480 e. The zero-order valence-electron chi connectivity index (χ0n) is 12.3. The van der Waals surface area contributed by atoms with Crippen LogP contribution in [-0.2, 0) is 4.79 Å². The highest BCUT2D eigenvalue weighted by Gasteiger charge is 2.29. The molecular formula is C14H25N3O4. The first-order chi connectivity index (χ1) is 10.1. The number of hydrogen-bond acceptors (Lipinski definition) is 4. The summed E-state index contributed by atoms with van der Waals surface area (Å²) in [6, 6.07) is -0.700. The molecule has 0 unspecified atom stereocenters. The van der Waals surface area contributed by atoms with Gasteiger partial charge in [0.15, 0.2) is 0 Å². The minimum atomic E-state index is -1.11. The van der Waals surface area contributed by atoms with Crippen molar-refractivity contribution in [3.63, 3.8) is 0 Å². The number of nitrogens with one attached hydrogen (secondary N) is 1. The van der Waals surface area contributed by atoms with Crippen molar-refractivity contribution < 1.29 is 19.8 Å². The van der Waals surface area contributed by atoms with Gasteiger partial charge in [-0.3, -0.25) is 4.90 Å². The van der Waals surface area contributed by atoms with Crippen molar-refractivity contribution in [2.24, 2.45) is 0 Å². The molecule has 0 radical (unpaired) electrons. The number of urea groups is 1. The maximum Gasteiger partial charge on any atom is 0.326 e. The van der Waals surface area contributed by atoms with Crippen LogP contribution in [0.2, 0.25) is 0 Å². The summed E-state index contributed by atoms with van der Waals surface area (Å²) >= 11 is 0. The number of carbonyl (C=O) groups is 2. The fourth-order valence-corrected chi connectivity index (χ4v) is 3.19. The third kappa shape index (κ3) is 4.31. The second-order valence-electron chi connectivity index (χ2n) is 5.81. The molecule has 0 spiro atoms. The molecule has 1 saturated heterocycles. The van der Waals surface area contributed by atoms with Crippen LogP contribution >= 0.6 is 0 Å². The number of carboxylic acid groups (broad SMARTS) is 1. The zero-order valence-corrected chi connectivity index (χ0v) is 12.3. The van der Waals surface area contributed by atoms with Gasteiger partial charge in [-0.1, -0.05) is 12.8 Å². The fourth-order valence-electron chi connectivity index (χ4n) is 3.19. The number of aliphatic carboxylic acids is 1. The summed E-state index contributed by atoms with van der Waals surface area (Å²) in [6.45, 7) is 2.72. The van der Waals surface area contributed by atoms with Crippen molar-refractivity contribution in [1.82, 2.24) is 15.1 Å². The molecule has 7 heteroatoms. The Morgan fingerprint density at radius 3 is 2.29 bits per heavy atom. The first kappa shape index (κ1) is 16.0. The van der Waals surface area contributed by atoms with Crippen LogP contribution in [0, 0.1) is 0 Å². The standard InChI is InChI=1S/C14H25N3O4/c18-10-5-12(13(19)20)15-14(21)17-8-6-16(7-9-17)11-3-1-2-4-11/h11-12,18H,1-10H2,(H,15,21)(H,19,20)/t12-/m0/s1. The number of rotatable bonds is 5. The molecule has 0 bridgehead atoms. The molecule has 0 aromatic heterocycles. The lowest BCUT2D eigenvalue weighted by molar-refractivity contribution is -0.139. The van der Waals surface area contributed by atoms with Gasteiger partial charge in [0.1, 0.15) is 6.04 Å². The van der Waals surface area contributed by atoms with E-state index < -0.39 is 12.0 Å². The molecule has 21 heavy (non-hydrogen) atoms. The van der Waals surface area contributed by atoms with Crippen LogP contribution in [0.1, 0.15) is 32.1 Å². The van der Waals surface area contributed by atoms with E-state index in [9.17, 15) is 9.59 Å². The molecule has 1 saturated carbocycles. The summed E-state index contributed by atoms with van der Waals surface area (Å²) in [7, 11) is 0. The van der Waals surface area contributed by atoms with Gasteiger partial charge in [0.05, 0.1) is 0 Å². The summed E-state index contributed by atoms with van der Waals surface area (Å²) in [6.07, 6.45) is 5.14. The van der Waals surface area contributed by atoms with E-state index in [1.54, 1.807) is 4.90 Å². The van der Waals surface area contributed by atoms with Gasteiger partial charge in [0.25, 0.3) is 0 Å². The predicted molar refractivity (Wildman–Crippen MR) is 77.1 cm³/mol.